The summed E-state index contributed by atoms with van der Waals surface area (Å²) in [5.41, 5.74) is 3.41. The number of hydrogen-bond acceptors (Lipinski definition) is 5. The van der Waals surface area contributed by atoms with Gasteiger partial charge >= 0.3 is 0 Å². The van der Waals surface area contributed by atoms with E-state index in [0.717, 1.165) is 48.6 Å². The monoisotopic (exact) mass is 619 g/mol. The molecule has 3 aromatic carbocycles. The van der Waals surface area contributed by atoms with Crippen molar-refractivity contribution in [1.29, 1.82) is 0 Å². The number of ether oxygens (including phenoxy) is 1. The number of para-hydroxylation sites is 2. The zero-order valence-corrected chi connectivity index (χ0v) is 26.9. The highest BCUT2D eigenvalue weighted by Gasteiger charge is 2.32. The van der Waals surface area contributed by atoms with Crippen LogP contribution in [0.3, 0.4) is 0 Å². The van der Waals surface area contributed by atoms with Crippen LogP contribution in [0, 0.1) is 6.92 Å². The highest BCUT2D eigenvalue weighted by atomic mass is 32.2. The van der Waals surface area contributed by atoms with Crippen LogP contribution in [0.15, 0.2) is 78.9 Å². The lowest BCUT2D eigenvalue weighted by Gasteiger charge is -2.34. The molecule has 1 N–H and O–H groups in total. The van der Waals surface area contributed by atoms with Gasteiger partial charge in [-0.05, 0) is 49.4 Å². The van der Waals surface area contributed by atoms with Crippen molar-refractivity contribution in [2.24, 2.45) is 0 Å². The first-order chi connectivity index (χ1) is 21.2. The van der Waals surface area contributed by atoms with E-state index in [9.17, 15) is 18.0 Å². The summed E-state index contributed by atoms with van der Waals surface area (Å²) < 4.78 is 32.3. The fourth-order valence-corrected chi connectivity index (χ4v) is 6.89. The number of carbonyl (C=O) groups excluding carboxylic acids is 2. The predicted octanol–water partition coefficient (Wildman–Crippen LogP) is 5.64. The Bertz CT molecular complexity index is 1490. The molecule has 1 aliphatic rings. The van der Waals surface area contributed by atoms with Gasteiger partial charge in [0.15, 0.2) is 0 Å². The molecule has 236 valence electrons. The fourth-order valence-electron chi connectivity index (χ4n) is 5.92. The molecule has 0 radical (unpaired) electrons. The third-order valence-corrected chi connectivity index (χ3v) is 9.34. The van der Waals surface area contributed by atoms with Gasteiger partial charge in [-0.3, -0.25) is 13.9 Å². The molecule has 4 rings (SSSR count). The van der Waals surface area contributed by atoms with E-state index < -0.39 is 16.1 Å². The molecule has 0 bridgehead atoms. The number of rotatable bonds is 14. The van der Waals surface area contributed by atoms with Crippen molar-refractivity contribution in [1.82, 2.24) is 10.2 Å². The molecule has 1 aliphatic carbocycles. The molecule has 0 unspecified atom stereocenters. The van der Waals surface area contributed by atoms with Crippen molar-refractivity contribution in [3.05, 3.63) is 95.6 Å². The number of hydrogen-bond donors (Lipinski definition) is 1. The normalized spacial score (nSPS) is 14.4. The number of carbonyl (C=O) groups is 2. The van der Waals surface area contributed by atoms with E-state index in [1.165, 1.54) is 17.8 Å². The molecule has 0 saturated heterocycles. The maximum absolute atomic E-state index is 14.1. The van der Waals surface area contributed by atoms with Crippen LogP contribution in [-0.4, -0.2) is 57.1 Å². The molecule has 0 spiro atoms. The maximum atomic E-state index is 14.1. The minimum Gasteiger partial charge on any atom is -0.495 e. The molecule has 0 heterocycles. The number of amides is 2. The number of benzene rings is 3. The average Bonchev–Trinajstić information content (AvgIpc) is 3.01. The Morgan fingerprint density at radius 1 is 0.932 bits per heavy atom. The Morgan fingerprint density at radius 2 is 1.61 bits per heavy atom. The van der Waals surface area contributed by atoms with Gasteiger partial charge in [-0.1, -0.05) is 91.6 Å². The zero-order valence-electron chi connectivity index (χ0n) is 26.1. The van der Waals surface area contributed by atoms with Crippen molar-refractivity contribution in [3.8, 4) is 5.75 Å². The van der Waals surface area contributed by atoms with Gasteiger partial charge in [0.1, 0.15) is 11.8 Å². The average molecular weight is 620 g/mol. The molecule has 44 heavy (non-hydrogen) atoms. The van der Waals surface area contributed by atoms with Gasteiger partial charge < -0.3 is 15.0 Å². The van der Waals surface area contributed by atoms with Gasteiger partial charge in [-0.15, -0.1) is 0 Å². The predicted molar refractivity (Wildman–Crippen MR) is 175 cm³/mol. The summed E-state index contributed by atoms with van der Waals surface area (Å²) in [4.78, 5) is 29.8. The molecule has 9 heteroatoms. The molecule has 0 aliphatic heterocycles. The first-order valence-corrected chi connectivity index (χ1v) is 17.3. The van der Waals surface area contributed by atoms with Crippen LogP contribution in [0.1, 0.15) is 61.6 Å². The minimum absolute atomic E-state index is 0.0784. The lowest BCUT2D eigenvalue weighted by molar-refractivity contribution is -0.141. The second-order valence-corrected chi connectivity index (χ2v) is 13.6. The van der Waals surface area contributed by atoms with Gasteiger partial charge in [-0.25, -0.2) is 8.42 Å². The van der Waals surface area contributed by atoms with E-state index in [2.05, 4.69) is 5.32 Å². The zero-order chi connectivity index (χ0) is 31.5. The van der Waals surface area contributed by atoms with E-state index in [-0.39, 0.29) is 43.8 Å². The van der Waals surface area contributed by atoms with Gasteiger partial charge in [0.05, 0.1) is 19.1 Å². The number of aryl methyl sites for hydroxylation is 1. The second-order valence-electron chi connectivity index (χ2n) is 11.7. The Morgan fingerprint density at radius 3 is 2.30 bits per heavy atom. The molecule has 1 fully saturated rings. The van der Waals surface area contributed by atoms with E-state index in [1.807, 2.05) is 61.5 Å². The van der Waals surface area contributed by atoms with Crippen LogP contribution in [-0.2, 0) is 32.6 Å². The second kappa shape index (κ2) is 15.7. The summed E-state index contributed by atoms with van der Waals surface area (Å²) in [5.74, 6) is 0.0980. The van der Waals surface area contributed by atoms with Crippen molar-refractivity contribution < 1.29 is 22.7 Å². The summed E-state index contributed by atoms with van der Waals surface area (Å²) in [6.07, 6.45) is 7.12. The van der Waals surface area contributed by atoms with Crippen molar-refractivity contribution in [2.45, 2.75) is 76.9 Å². The third-order valence-electron chi connectivity index (χ3n) is 8.16. The van der Waals surface area contributed by atoms with E-state index >= 15 is 0 Å². The highest BCUT2D eigenvalue weighted by Crippen LogP contribution is 2.30. The lowest BCUT2D eigenvalue weighted by Crippen LogP contribution is -2.53. The quantitative estimate of drug-likeness (QED) is 0.252. The Labute approximate surface area is 262 Å². The first kappa shape index (κ1) is 33.1. The maximum Gasteiger partial charge on any atom is 0.243 e. The summed E-state index contributed by atoms with van der Waals surface area (Å²) in [5, 5.41) is 3.27. The SMILES string of the molecule is COc1ccccc1N(CCCC(=O)N(Cc1cccc(C)c1)[C@@H](Cc1ccccc1)C(=O)NC1CCCCC1)S(C)(=O)=O. The third kappa shape index (κ3) is 9.32. The number of nitrogens with zero attached hydrogens (tertiary/aromatic N) is 2. The van der Waals surface area contributed by atoms with Crippen LogP contribution < -0.4 is 14.4 Å². The summed E-state index contributed by atoms with van der Waals surface area (Å²) in [6.45, 7) is 2.38. The fraction of sp³-hybridized carbons (Fsp3) is 0.429. The van der Waals surface area contributed by atoms with E-state index in [0.29, 0.717) is 17.9 Å². The Kier molecular flexibility index (Phi) is 11.8. The molecule has 2 amide bonds. The Hall–Kier alpha value is -3.85. The summed E-state index contributed by atoms with van der Waals surface area (Å²) >= 11 is 0. The molecular formula is C35H45N3O5S. The number of nitrogens with one attached hydrogen (secondary N) is 1. The van der Waals surface area contributed by atoms with Crippen LogP contribution in [0.2, 0.25) is 0 Å². The number of sulfonamides is 1. The highest BCUT2D eigenvalue weighted by molar-refractivity contribution is 7.92. The largest absolute Gasteiger partial charge is 0.495 e. The van der Waals surface area contributed by atoms with Crippen molar-refractivity contribution >= 4 is 27.5 Å². The van der Waals surface area contributed by atoms with Crippen LogP contribution in [0.4, 0.5) is 5.69 Å². The standard InChI is InChI=1S/C35H45N3O5S/c1-27-14-12-17-29(24-27)26-37(32(25-28-15-6-4-7-16-28)35(40)36-30-18-8-5-9-19-30)34(39)22-13-23-38(44(3,41)42)31-20-10-11-21-33(31)43-2/h4,6-7,10-12,14-17,20-21,24,30,32H,5,8-9,13,18-19,22-23,25-26H2,1-3H3,(H,36,40)/t32-/m0/s1. The molecule has 1 saturated carbocycles. The van der Waals surface area contributed by atoms with Gasteiger partial charge in [0, 0.05) is 32.0 Å². The van der Waals surface area contributed by atoms with Gasteiger partial charge in [0.2, 0.25) is 21.8 Å². The van der Waals surface area contributed by atoms with E-state index in [1.54, 1.807) is 29.2 Å². The summed E-state index contributed by atoms with van der Waals surface area (Å²) in [6, 6.07) is 24.1. The summed E-state index contributed by atoms with van der Waals surface area (Å²) in [7, 11) is -2.15. The van der Waals surface area contributed by atoms with Gasteiger partial charge in [-0.2, -0.15) is 0 Å². The smallest absolute Gasteiger partial charge is 0.243 e. The molecule has 3 aromatic rings. The topological polar surface area (TPSA) is 96.0 Å². The molecule has 0 aromatic heterocycles. The van der Waals surface area contributed by atoms with Crippen LogP contribution in [0.5, 0.6) is 5.75 Å². The lowest BCUT2D eigenvalue weighted by atomic mass is 9.94. The molecular weight excluding hydrogens is 574 g/mol. The molecule has 1 atom stereocenters. The van der Waals surface area contributed by atoms with Crippen molar-refractivity contribution in [3.63, 3.8) is 0 Å². The van der Waals surface area contributed by atoms with Gasteiger partial charge in [0.25, 0.3) is 0 Å². The van der Waals surface area contributed by atoms with Crippen LogP contribution in [0.25, 0.3) is 0 Å². The molecule has 8 nitrogen and oxygen atoms in total. The van der Waals surface area contributed by atoms with Crippen LogP contribution >= 0.6 is 0 Å². The Balaban J connectivity index is 1.60. The number of anilines is 1. The number of methoxy groups -OCH3 is 1. The minimum atomic E-state index is -3.64. The first-order valence-electron chi connectivity index (χ1n) is 15.5. The van der Waals surface area contributed by atoms with E-state index in [4.69, 9.17) is 4.74 Å². The van der Waals surface area contributed by atoms with Crippen molar-refractivity contribution in [2.75, 3.05) is 24.2 Å².